The second kappa shape index (κ2) is 6.12. The highest BCUT2D eigenvalue weighted by atomic mass is 16.5. The molecule has 0 atom stereocenters. The maximum absolute atomic E-state index is 12.3. The van der Waals surface area contributed by atoms with Gasteiger partial charge < -0.3 is 15.0 Å². The summed E-state index contributed by atoms with van der Waals surface area (Å²) in [5, 5.41) is 2.89. The van der Waals surface area contributed by atoms with Crippen LogP contribution in [-0.2, 0) is 11.2 Å². The van der Waals surface area contributed by atoms with E-state index in [1.807, 2.05) is 18.2 Å². The number of rotatable bonds is 3. The molecule has 3 rings (SSSR count). The lowest BCUT2D eigenvalue weighted by Crippen LogP contribution is -2.25. The number of methoxy groups -OCH3 is 1. The van der Waals surface area contributed by atoms with E-state index < -0.39 is 0 Å². The largest absolute Gasteiger partial charge is 0.497 e. The fourth-order valence-corrected chi connectivity index (χ4v) is 2.75. The van der Waals surface area contributed by atoms with Crippen molar-refractivity contribution in [3.05, 3.63) is 53.6 Å². The van der Waals surface area contributed by atoms with Crippen molar-refractivity contribution in [3.8, 4) is 5.75 Å². The van der Waals surface area contributed by atoms with Crippen molar-refractivity contribution >= 4 is 23.2 Å². The van der Waals surface area contributed by atoms with Crippen LogP contribution in [0.15, 0.2) is 42.5 Å². The van der Waals surface area contributed by atoms with E-state index in [9.17, 15) is 9.59 Å². The van der Waals surface area contributed by atoms with Gasteiger partial charge in [0, 0.05) is 30.4 Å². The van der Waals surface area contributed by atoms with E-state index in [2.05, 4.69) is 5.32 Å². The summed E-state index contributed by atoms with van der Waals surface area (Å²) >= 11 is 0. The molecule has 2 amide bonds. The number of hydrogen-bond acceptors (Lipinski definition) is 3. The van der Waals surface area contributed by atoms with E-state index in [-0.39, 0.29) is 11.8 Å². The van der Waals surface area contributed by atoms with E-state index in [0.29, 0.717) is 17.9 Å². The fraction of sp³-hybridized carbons (Fsp3) is 0.222. The Bertz CT molecular complexity index is 753. The van der Waals surface area contributed by atoms with Gasteiger partial charge in [0.2, 0.25) is 5.91 Å². The first-order valence-electron chi connectivity index (χ1n) is 7.45. The highest BCUT2D eigenvalue weighted by molar-refractivity contribution is 6.04. The van der Waals surface area contributed by atoms with E-state index in [1.165, 1.54) is 0 Å². The number of benzene rings is 2. The van der Waals surface area contributed by atoms with Crippen molar-refractivity contribution in [3.63, 3.8) is 0 Å². The first-order valence-corrected chi connectivity index (χ1v) is 7.45. The molecule has 2 aromatic rings. The van der Waals surface area contributed by atoms with Crippen LogP contribution in [0.25, 0.3) is 0 Å². The zero-order valence-corrected chi connectivity index (χ0v) is 13.1. The third kappa shape index (κ3) is 3.04. The van der Waals surface area contributed by atoms with Crippen molar-refractivity contribution in [2.24, 2.45) is 0 Å². The Hall–Kier alpha value is -2.82. The van der Waals surface area contributed by atoms with Crippen LogP contribution in [0, 0.1) is 0 Å². The number of ether oxygens (including phenoxy) is 1. The van der Waals surface area contributed by atoms with Gasteiger partial charge in [-0.2, -0.15) is 0 Å². The molecule has 23 heavy (non-hydrogen) atoms. The van der Waals surface area contributed by atoms with Gasteiger partial charge in [0.15, 0.2) is 0 Å². The number of fused-ring (bicyclic) bond motifs is 1. The summed E-state index contributed by atoms with van der Waals surface area (Å²) in [4.78, 5) is 25.6. The molecule has 0 bridgehead atoms. The first-order chi connectivity index (χ1) is 11.1. The van der Waals surface area contributed by atoms with Crippen LogP contribution < -0.4 is 15.0 Å². The molecule has 1 aliphatic heterocycles. The minimum Gasteiger partial charge on any atom is -0.497 e. The molecule has 0 saturated heterocycles. The topological polar surface area (TPSA) is 58.6 Å². The number of anilines is 2. The minimum atomic E-state index is -0.172. The van der Waals surface area contributed by atoms with E-state index in [0.717, 1.165) is 23.4 Å². The maximum atomic E-state index is 12.3. The summed E-state index contributed by atoms with van der Waals surface area (Å²) in [6.45, 7) is 2.26. The summed E-state index contributed by atoms with van der Waals surface area (Å²) in [5.41, 5.74) is 3.30. The molecule has 5 nitrogen and oxygen atoms in total. The zero-order valence-electron chi connectivity index (χ0n) is 13.1. The van der Waals surface area contributed by atoms with Gasteiger partial charge in [0.1, 0.15) is 5.75 Å². The SMILES string of the molecule is COc1ccc(C(=O)Nc2ccc3c(c2)CCN3C(C)=O)cc1. The highest BCUT2D eigenvalue weighted by Crippen LogP contribution is 2.30. The molecule has 0 unspecified atom stereocenters. The summed E-state index contributed by atoms with van der Waals surface area (Å²) in [6, 6.07) is 12.6. The van der Waals surface area contributed by atoms with Gasteiger partial charge in [-0.15, -0.1) is 0 Å². The molecule has 5 heteroatoms. The Kier molecular flexibility index (Phi) is 4.02. The van der Waals surface area contributed by atoms with Crippen LogP contribution in [0.4, 0.5) is 11.4 Å². The van der Waals surface area contributed by atoms with Gasteiger partial charge in [0.25, 0.3) is 5.91 Å². The van der Waals surface area contributed by atoms with Crippen LogP contribution in [0.1, 0.15) is 22.8 Å². The smallest absolute Gasteiger partial charge is 0.255 e. The highest BCUT2D eigenvalue weighted by Gasteiger charge is 2.22. The normalized spacial score (nSPS) is 12.7. The number of hydrogen-bond donors (Lipinski definition) is 1. The Labute approximate surface area is 134 Å². The predicted octanol–water partition coefficient (Wildman–Crippen LogP) is 2.86. The predicted molar refractivity (Wildman–Crippen MR) is 89.1 cm³/mol. The van der Waals surface area contributed by atoms with E-state index in [4.69, 9.17) is 4.74 Å². The number of carbonyl (C=O) groups is 2. The van der Waals surface area contributed by atoms with Gasteiger partial charge in [-0.05, 0) is 54.4 Å². The van der Waals surface area contributed by atoms with E-state index in [1.54, 1.807) is 43.2 Å². The lowest BCUT2D eigenvalue weighted by atomic mass is 10.1. The molecular weight excluding hydrogens is 292 g/mol. The maximum Gasteiger partial charge on any atom is 0.255 e. The number of amides is 2. The zero-order chi connectivity index (χ0) is 16.4. The second-order valence-corrected chi connectivity index (χ2v) is 5.45. The van der Waals surface area contributed by atoms with Crippen LogP contribution in [0.2, 0.25) is 0 Å². The molecule has 1 aliphatic rings. The van der Waals surface area contributed by atoms with Crippen molar-refractivity contribution in [1.82, 2.24) is 0 Å². The molecule has 1 heterocycles. The standard InChI is InChI=1S/C18H18N2O3/c1-12(21)20-10-9-14-11-15(5-8-17(14)20)19-18(22)13-3-6-16(23-2)7-4-13/h3-8,11H,9-10H2,1-2H3,(H,19,22). The molecule has 118 valence electrons. The van der Waals surface area contributed by atoms with Crippen molar-refractivity contribution in [1.29, 1.82) is 0 Å². The molecule has 1 N–H and O–H groups in total. The Morgan fingerprint density at radius 1 is 1.13 bits per heavy atom. The third-order valence-electron chi connectivity index (χ3n) is 3.97. The quantitative estimate of drug-likeness (QED) is 0.948. The number of nitrogens with one attached hydrogen (secondary N) is 1. The molecule has 0 fully saturated rings. The molecular formula is C18H18N2O3. The molecule has 2 aromatic carbocycles. The van der Waals surface area contributed by atoms with Crippen LogP contribution >= 0.6 is 0 Å². The molecule has 0 aliphatic carbocycles. The Balaban J connectivity index is 1.75. The summed E-state index contributed by atoms with van der Waals surface area (Å²) in [5.74, 6) is 0.580. The van der Waals surface area contributed by atoms with Gasteiger partial charge >= 0.3 is 0 Å². The third-order valence-corrected chi connectivity index (χ3v) is 3.97. The van der Waals surface area contributed by atoms with Crippen LogP contribution in [0.5, 0.6) is 5.75 Å². The summed E-state index contributed by atoms with van der Waals surface area (Å²) in [6.07, 6.45) is 0.807. The molecule has 0 aromatic heterocycles. The average Bonchev–Trinajstić information content (AvgIpc) is 2.98. The van der Waals surface area contributed by atoms with Crippen molar-refractivity contribution in [2.45, 2.75) is 13.3 Å². The van der Waals surface area contributed by atoms with Crippen molar-refractivity contribution < 1.29 is 14.3 Å². The molecule has 0 saturated carbocycles. The van der Waals surface area contributed by atoms with Crippen LogP contribution in [0.3, 0.4) is 0 Å². The van der Waals surface area contributed by atoms with Gasteiger partial charge in [-0.3, -0.25) is 9.59 Å². The van der Waals surface area contributed by atoms with Gasteiger partial charge in [0.05, 0.1) is 7.11 Å². The average molecular weight is 310 g/mol. The molecule has 0 spiro atoms. The Morgan fingerprint density at radius 3 is 2.52 bits per heavy atom. The second-order valence-electron chi connectivity index (χ2n) is 5.45. The monoisotopic (exact) mass is 310 g/mol. The Morgan fingerprint density at radius 2 is 1.87 bits per heavy atom. The molecule has 0 radical (unpaired) electrons. The minimum absolute atomic E-state index is 0.0405. The fourth-order valence-electron chi connectivity index (χ4n) is 2.75. The lowest BCUT2D eigenvalue weighted by molar-refractivity contribution is -0.116. The number of carbonyl (C=O) groups excluding carboxylic acids is 2. The van der Waals surface area contributed by atoms with Crippen LogP contribution in [-0.4, -0.2) is 25.5 Å². The van der Waals surface area contributed by atoms with Gasteiger partial charge in [-0.25, -0.2) is 0 Å². The lowest BCUT2D eigenvalue weighted by Gasteiger charge is -2.15. The first kappa shape index (κ1) is 15.1. The van der Waals surface area contributed by atoms with Crippen molar-refractivity contribution in [2.75, 3.05) is 23.9 Å². The summed E-state index contributed by atoms with van der Waals surface area (Å²) in [7, 11) is 1.59. The van der Waals surface area contributed by atoms with E-state index >= 15 is 0 Å². The summed E-state index contributed by atoms with van der Waals surface area (Å²) < 4.78 is 5.08. The number of nitrogens with zero attached hydrogens (tertiary/aromatic N) is 1. The van der Waals surface area contributed by atoms with Gasteiger partial charge in [-0.1, -0.05) is 0 Å².